The second-order valence-electron chi connectivity index (χ2n) is 28.0. The van der Waals surface area contributed by atoms with E-state index < -0.39 is 30.9 Å². The van der Waals surface area contributed by atoms with Gasteiger partial charge in [-0.1, -0.05) is 282 Å². The van der Waals surface area contributed by atoms with Crippen molar-refractivity contribution in [1.82, 2.24) is 0 Å². The Kier molecular flexibility index (Phi) is 86.9. The number of hydrogen-bond acceptors (Lipinski definition) is 16. The van der Waals surface area contributed by atoms with Crippen LogP contribution in [0.4, 0.5) is 0 Å². The molecule has 5 N–H and O–H groups in total. The first-order valence-electron chi connectivity index (χ1n) is 41.1. The molecular formula is C84H155BNaO16. The first-order chi connectivity index (χ1) is 48.7. The molecule has 1 fully saturated rings. The van der Waals surface area contributed by atoms with Gasteiger partial charge in [-0.15, -0.1) is 0 Å². The number of allylic oxidation sites excluding steroid dienone is 8. The summed E-state index contributed by atoms with van der Waals surface area (Å²) in [5.41, 5.74) is 0. The molecular weight excluding hydrogens is 1300 g/mol. The molecule has 0 bridgehead atoms. The molecule has 2 atom stereocenters. The van der Waals surface area contributed by atoms with Gasteiger partial charge in [0.25, 0.3) is 0 Å². The SMILES string of the molecule is CCCCCCCC/C=C\CCCCCCCC(=O)OCC(=O)COC(=O)CCCCCCC/C=C\CCCCCCCC.CCCCCCCC/C=C\CCCCCCCC(=O)OCC(O)COC(=O)CCCCCCC/C=C\CCCCCCCC.OCC1(O)COC(O)(CO)CO1.[B].[H-].[Na+]. The number of carbonyl (C=O) groups excluding carboxylic acids is 5. The smallest absolute Gasteiger partial charge is 1.00 e. The summed E-state index contributed by atoms with van der Waals surface area (Å²) in [7, 11) is 0. The van der Waals surface area contributed by atoms with Gasteiger partial charge in [-0.25, -0.2) is 0 Å². The van der Waals surface area contributed by atoms with Crippen LogP contribution in [0.2, 0.25) is 0 Å². The normalized spacial score (nSPS) is 15.1. The fourth-order valence-electron chi connectivity index (χ4n) is 11.2. The molecule has 3 radical (unpaired) electrons. The molecule has 0 spiro atoms. The van der Waals surface area contributed by atoms with Gasteiger partial charge in [0.05, 0.1) is 13.2 Å². The molecule has 1 heterocycles. The molecule has 0 aromatic carbocycles. The van der Waals surface area contributed by atoms with Crippen LogP contribution in [0.25, 0.3) is 0 Å². The Morgan fingerprint density at radius 2 is 0.520 bits per heavy atom. The van der Waals surface area contributed by atoms with Gasteiger partial charge in [0, 0.05) is 34.1 Å². The zero-order chi connectivity index (χ0) is 73.6. The zero-order valence-electron chi connectivity index (χ0n) is 67.3. The van der Waals surface area contributed by atoms with Crippen LogP contribution in [0, 0.1) is 0 Å². The van der Waals surface area contributed by atoms with E-state index in [1.54, 1.807) is 0 Å². The Hall–Kier alpha value is -2.71. The molecule has 1 rings (SSSR count). The van der Waals surface area contributed by atoms with Crippen molar-refractivity contribution in [3.63, 3.8) is 0 Å². The quantitative estimate of drug-likeness (QED) is 0.0125. The summed E-state index contributed by atoms with van der Waals surface area (Å²) in [6, 6.07) is 0. The van der Waals surface area contributed by atoms with Crippen molar-refractivity contribution in [3.05, 3.63) is 48.6 Å². The van der Waals surface area contributed by atoms with Crippen molar-refractivity contribution in [1.29, 1.82) is 0 Å². The van der Waals surface area contributed by atoms with Crippen LogP contribution in [-0.4, -0.2) is 134 Å². The first-order valence-corrected chi connectivity index (χ1v) is 41.1. The fourth-order valence-corrected chi connectivity index (χ4v) is 11.2. The summed E-state index contributed by atoms with van der Waals surface area (Å²) in [5.74, 6) is -5.18. The Labute approximate surface area is 649 Å². The fraction of sp³-hybridized carbons (Fsp3) is 0.845. The van der Waals surface area contributed by atoms with Crippen molar-refractivity contribution in [2.24, 2.45) is 0 Å². The topological polar surface area (TPSA) is 242 Å². The van der Waals surface area contributed by atoms with Gasteiger partial charge in [-0.3, -0.25) is 24.0 Å². The Balaban J connectivity index is -0.000000519. The van der Waals surface area contributed by atoms with Gasteiger partial charge in [-0.2, -0.15) is 0 Å². The number of Topliss-reactive ketones (excluding diaryl/α,β-unsaturated/α-hetero) is 1. The molecule has 1 aliphatic heterocycles. The van der Waals surface area contributed by atoms with Gasteiger partial charge in [-0.05, 0) is 128 Å². The molecule has 16 nitrogen and oxygen atoms in total. The average molecular weight is 1450 g/mol. The van der Waals surface area contributed by atoms with Gasteiger partial charge >= 0.3 is 53.4 Å². The predicted molar refractivity (Wildman–Crippen MR) is 415 cm³/mol. The van der Waals surface area contributed by atoms with Crippen molar-refractivity contribution in [2.45, 2.75) is 405 Å². The summed E-state index contributed by atoms with van der Waals surface area (Å²) in [6.45, 7) is 6.17. The molecule has 18 heteroatoms. The van der Waals surface area contributed by atoms with E-state index in [0.717, 1.165) is 103 Å². The number of aliphatic hydroxyl groups excluding tert-OH is 3. The van der Waals surface area contributed by atoms with E-state index in [9.17, 15) is 39.3 Å². The predicted octanol–water partition coefficient (Wildman–Crippen LogP) is 17.4. The van der Waals surface area contributed by atoms with E-state index >= 15 is 0 Å². The Morgan fingerprint density at radius 1 is 0.333 bits per heavy atom. The van der Waals surface area contributed by atoms with E-state index in [1.165, 1.54) is 231 Å². The van der Waals surface area contributed by atoms with Crippen LogP contribution in [0.3, 0.4) is 0 Å². The second kappa shape index (κ2) is 83.9. The summed E-state index contributed by atoms with van der Waals surface area (Å²) in [5, 5.41) is 45.6. The number of ether oxygens (including phenoxy) is 6. The van der Waals surface area contributed by atoms with Crippen LogP contribution in [0.15, 0.2) is 48.6 Å². The maximum Gasteiger partial charge on any atom is 1.00 e. The van der Waals surface area contributed by atoms with Crippen molar-refractivity contribution < 1.29 is 109 Å². The van der Waals surface area contributed by atoms with Crippen LogP contribution >= 0.6 is 0 Å². The van der Waals surface area contributed by atoms with Crippen LogP contribution in [-0.2, 0) is 52.4 Å². The third-order valence-corrected chi connectivity index (χ3v) is 17.9. The van der Waals surface area contributed by atoms with Gasteiger partial charge in [0.1, 0.15) is 32.5 Å². The average Bonchev–Trinajstić information content (AvgIpc) is 0.831. The molecule has 0 amide bonds. The number of aliphatic hydroxyl groups is 5. The third-order valence-electron chi connectivity index (χ3n) is 17.9. The molecule has 102 heavy (non-hydrogen) atoms. The third kappa shape index (κ3) is 81.4. The molecule has 0 aromatic rings. The van der Waals surface area contributed by atoms with E-state index in [1.807, 2.05) is 0 Å². The Bertz CT molecular complexity index is 1820. The van der Waals surface area contributed by atoms with Crippen LogP contribution in [0.5, 0.6) is 0 Å². The minimum absolute atomic E-state index is 0. The van der Waals surface area contributed by atoms with Gasteiger partial charge in [0.2, 0.25) is 17.4 Å². The second-order valence-corrected chi connectivity index (χ2v) is 28.0. The van der Waals surface area contributed by atoms with Gasteiger partial charge < -0.3 is 55.4 Å². The minimum atomic E-state index is -1.76. The molecule has 0 aliphatic carbocycles. The monoisotopic (exact) mass is 1450 g/mol. The number of unbranched alkanes of at least 4 members (excludes halogenated alkanes) is 44. The zero-order valence-corrected chi connectivity index (χ0v) is 68.3. The Morgan fingerprint density at radius 3 is 0.716 bits per heavy atom. The van der Waals surface area contributed by atoms with E-state index in [0.29, 0.717) is 25.7 Å². The molecule has 1 saturated heterocycles. The number of hydrogen-bond donors (Lipinski definition) is 5. The maximum absolute atomic E-state index is 11.9. The van der Waals surface area contributed by atoms with Crippen LogP contribution < -0.4 is 29.6 Å². The maximum atomic E-state index is 11.9. The largest absolute Gasteiger partial charge is 1.00 e. The standard InChI is InChI=1S/C39H72O5.C39H70O5.C6H12O6.B.Na.H/c2*1-3-5-7-9-11-13-15-17-19-21-23-25-27-29-31-33-38(41)43-35-37(40)36-44-39(42)34-32-30-28-26-24-22-20-18-16-14-12-10-8-6-4-2;7-1-5(9)3-12-6(10,2-8)4-11-5;;;/h17-20,37,40H,3-16,21-36H2,1-2H3;17-20H,3-16,21-36H2,1-2H3;7-10H,1-4H2;;;/q;;;;+1;-1/b2*19-17-,20-18-;;;;. The molecule has 1 aliphatic rings. The number of esters is 4. The number of ketones is 1. The summed E-state index contributed by atoms with van der Waals surface area (Å²) < 4.78 is 29.8. The van der Waals surface area contributed by atoms with Crippen molar-refractivity contribution >= 4 is 38.1 Å². The first kappa shape index (κ1) is 106. The van der Waals surface area contributed by atoms with E-state index in [4.69, 9.17) is 38.6 Å². The molecule has 591 valence electrons. The molecule has 2 unspecified atom stereocenters. The van der Waals surface area contributed by atoms with E-state index in [2.05, 4.69) is 76.3 Å². The van der Waals surface area contributed by atoms with Crippen molar-refractivity contribution in [2.75, 3.05) is 52.9 Å². The van der Waals surface area contributed by atoms with Crippen LogP contribution in [0.1, 0.15) is 389 Å². The minimum Gasteiger partial charge on any atom is -1.00 e. The number of rotatable bonds is 70. The summed E-state index contributed by atoms with van der Waals surface area (Å²) >= 11 is 0. The van der Waals surface area contributed by atoms with E-state index in [-0.39, 0.29) is 109 Å². The molecule has 0 aromatic heterocycles. The summed E-state index contributed by atoms with van der Waals surface area (Å²) in [4.78, 5) is 59.6. The molecule has 0 saturated carbocycles. The van der Waals surface area contributed by atoms with Crippen molar-refractivity contribution in [3.8, 4) is 0 Å². The van der Waals surface area contributed by atoms with Gasteiger partial charge in [0.15, 0.2) is 13.2 Å². The number of carbonyl (C=O) groups is 5. The summed E-state index contributed by atoms with van der Waals surface area (Å²) in [6.07, 6.45) is 82.2.